The van der Waals surface area contributed by atoms with E-state index < -0.39 is 11.8 Å². The van der Waals surface area contributed by atoms with E-state index in [-0.39, 0.29) is 11.5 Å². The summed E-state index contributed by atoms with van der Waals surface area (Å²) >= 11 is 0. The Labute approximate surface area is 160 Å². The zero-order valence-electron chi connectivity index (χ0n) is 16.5. The van der Waals surface area contributed by atoms with E-state index >= 15 is 0 Å². The van der Waals surface area contributed by atoms with Crippen LogP contribution in [0, 0.1) is 12.3 Å². The molecule has 1 aromatic carbocycles. The number of carbonyl (C=O) groups is 2. The summed E-state index contributed by atoms with van der Waals surface area (Å²) in [6.45, 7) is 8.87. The van der Waals surface area contributed by atoms with Crippen molar-refractivity contribution in [1.29, 1.82) is 0 Å². The topological polar surface area (TPSA) is 76.0 Å². The summed E-state index contributed by atoms with van der Waals surface area (Å²) in [5.74, 6) is -1.16. The average Bonchev–Trinajstić information content (AvgIpc) is 3.02. The van der Waals surface area contributed by atoms with E-state index in [1.807, 2.05) is 17.8 Å². The predicted molar refractivity (Wildman–Crippen MR) is 105 cm³/mol. The molecule has 6 nitrogen and oxygen atoms in total. The van der Waals surface area contributed by atoms with Gasteiger partial charge in [-0.05, 0) is 43.7 Å². The number of aromatic nitrogens is 2. The first-order valence-corrected chi connectivity index (χ1v) is 9.53. The number of nitrogens with zero attached hydrogens (tertiary/aromatic N) is 2. The minimum atomic E-state index is -0.583. The molecule has 1 aromatic heterocycles. The van der Waals surface area contributed by atoms with Crippen LogP contribution >= 0.6 is 0 Å². The van der Waals surface area contributed by atoms with Crippen LogP contribution in [0.5, 0.6) is 0 Å². The van der Waals surface area contributed by atoms with Crippen LogP contribution in [-0.2, 0) is 16.0 Å². The Kier molecular flexibility index (Phi) is 5.35. The van der Waals surface area contributed by atoms with Crippen molar-refractivity contribution in [1.82, 2.24) is 20.4 Å². The van der Waals surface area contributed by atoms with Crippen molar-refractivity contribution >= 4 is 11.8 Å². The second kappa shape index (κ2) is 7.55. The van der Waals surface area contributed by atoms with Gasteiger partial charge in [-0.2, -0.15) is 5.10 Å². The van der Waals surface area contributed by atoms with Crippen molar-refractivity contribution in [2.45, 2.75) is 53.0 Å². The van der Waals surface area contributed by atoms with Gasteiger partial charge < -0.3 is 10.6 Å². The van der Waals surface area contributed by atoms with E-state index in [4.69, 9.17) is 0 Å². The van der Waals surface area contributed by atoms with Crippen molar-refractivity contribution in [3.05, 3.63) is 47.3 Å². The Morgan fingerprint density at radius 3 is 2.59 bits per heavy atom. The molecule has 1 aliphatic carbocycles. The minimum Gasteiger partial charge on any atom is -0.348 e. The molecule has 0 bridgehead atoms. The summed E-state index contributed by atoms with van der Waals surface area (Å²) in [5, 5.41) is 10.1. The number of benzene rings is 1. The van der Waals surface area contributed by atoms with Gasteiger partial charge in [-0.3, -0.25) is 9.59 Å². The second-order valence-electron chi connectivity index (χ2n) is 8.12. The second-order valence-corrected chi connectivity index (χ2v) is 8.12. The van der Waals surface area contributed by atoms with Crippen LogP contribution in [0.25, 0.3) is 5.69 Å². The maximum Gasteiger partial charge on any atom is 0.309 e. The third kappa shape index (κ3) is 4.21. The lowest BCUT2D eigenvalue weighted by Gasteiger charge is -2.35. The Morgan fingerprint density at radius 1 is 1.22 bits per heavy atom. The Hall–Kier alpha value is -2.63. The molecule has 144 valence electrons. The predicted octanol–water partition coefficient (Wildman–Crippen LogP) is 2.84. The fraction of sp³-hybridized carbons (Fsp3) is 0.476. The van der Waals surface area contributed by atoms with E-state index in [1.54, 1.807) is 0 Å². The molecule has 0 aliphatic heterocycles. The molecule has 0 saturated heterocycles. The van der Waals surface area contributed by atoms with Gasteiger partial charge in [0.1, 0.15) is 0 Å². The lowest BCUT2D eigenvalue weighted by molar-refractivity contribution is -0.139. The SMILES string of the molecule is CCCNC(=O)C(=O)N[C@@H]1CC(C)(C)Cc2c1cnn2-c1ccc(C)cc1. The molecule has 2 amide bonds. The zero-order chi connectivity index (χ0) is 19.6. The highest BCUT2D eigenvalue weighted by atomic mass is 16.2. The molecule has 2 aromatic rings. The molecule has 3 rings (SSSR count). The van der Waals surface area contributed by atoms with Gasteiger partial charge >= 0.3 is 11.8 Å². The van der Waals surface area contributed by atoms with Crippen molar-refractivity contribution in [3.63, 3.8) is 0 Å². The maximum absolute atomic E-state index is 12.3. The molecule has 0 unspecified atom stereocenters. The number of aryl methyl sites for hydroxylation is 1. The normalized spacial score (nSPS) is 17.9. The van der Waals surface area contributed by atoms with Crippen LogP contribution in [0.2, 0.25) is 0 Å². The Bertz CT molecular complexity index is 836. The fourth-order valence-corrected chi connectivity index (χ4v) is 3.62. The molecule has 0 fully saturated rings. The molecule has 0 spiro atoms. The summed E-state index contributed by atoms with van der Waals surface area (Å²) in [4.78, 5) is 24.3. The number of nitrogens with one attached hydrogen (secondary N) is 2. The third-order valence-electron chi connectivity index (χ3n) is 5.00. The largest absolute Gasteiger partial charge is 0.348 e. The number of fused-ring (bicyclic) bond motifs is 1. The number of rotatable bonds is 4. The first-order chi connectivity index (χ1) is 12.8. The van der Waals surface area contributed by atoms with Crippen molar-refractivity contribution in [3.8, 4) is 5.69 Å². The Balaban J connectivity index is 1.88. The van der Waals surface area contributed by atoms with Gasteiger partial charge in [0.25, 0.3) is 0 Å². The fourth-order valence-electron chi connectivity index (χ4n) is 3.62. The molecule has 2 N–H and O–H groups in total. The molecular weight excluding hydrogens is 340 g/mol. The number of carbonyl (C=O) groups excluding carboxylic acids is 2. The molecule has 1 atom stereocenters. The highest BCUT2D eigenvalue weighted by Crippen LogP contribution is 2.41. The first-order valence-electron chi connectivity index (χ1n) is 9.53. The molecule has 27 heavy (non-hydrogen) atoms. The van der Waals surface area contributed by atoms with E-state index in [0.717, 1.165) is 36.2 Å². The quantitative estimate of drug-likeness (QED) is 0.815. The highest BCUT2D eigenvalue weighted by Gasteiger charge is 2.36. The van der Waals surface area contributed by atoms with Crippen LogP contribution in [-0.4, -0.2) is 28.1 Å². The van der Waals surface area contributed by atoms with Crippen LogP contribution in [0.15, 0.2) is 30.5 Å². The number of hydrogen-bond donors (Lipinski definition) is 2. The van der Waals surface area contributed by atoms with Crippen LogP contribution in [0.1, 0.15) is 56.5 Å². The minimum absolute atomic E-state index is 0.00663. The van der Waals surface area contributed by atoms with Gasteiger partial charge in [0.2, 0.25) is 0 Å². The first kappa shape index (κ1) is 19.1. The van der Waals surface area contributed by atoms with Gasteiger partial charge in [-0.25, -0.2) is 4.68 Å². The van der Waals surface area contributed by atoms with E-state index in [2.05, 4.69) is 60.8 Å². The Morgan fingerprint density at radius 2 is 1.93 bits per heavy atom. The molecule has 0 saturated carbocycles. The van der Waals surface area contributed by atoms with Crippen LogP contribution in [0.3, 0.4) is 0 Å². The number of amides is 2. The van der Waals surface area contributed by atoms with E-state index in [1.165, 1.54) is 5.56 Å². The molecule has 0 radical (unpaired) electrons. The van der Waals surface area contributed by atoms with Gasteiger partial charge in [0.05, 0.1) is 23.6 Å². The highest BCUT2D eigenvalue weighted by molar-refractivity contribution is 6.35. The maximum atomic E-state index is 12.3. The van der Waals surface area contributed by atoms with Gasteiger partial charge in [-0.1, -0.05) is 38.5 Å². The summed E-state index contributed by atoms with van der Waals surface area (Å²) in [5.41, 5.74) is 4.28. The standard InChI is InChI=1S/C21H28N4O2/c1-5-10-22-19(26)20(27)24-17-11-21(3,4)12-18-16(17)13-23-25(18)15-8-6-14(2)7-9-15/h6-9,13,17H,5,10-12H2,1-4H3,(H,22,26)(H,24,27)/t17-/m1/s1. The molecule has 1 heterocycles. The van der Waals surface area contributed by atoms with Gasteiger partial charge in [0.15, 0.2) is 0 Å². The lowest BCUT2D eigenvalue weighted by Crippen LogP contribution is -2.44. The molecule has 1 aliphatic rings. The summed E-state index contributed by atoms with van der Waals surface area (Å²) in [6.07, 6.45) is 4.25. The average molecular weight is 368 g/mol. The number of hydrogen-bond acceptors (Lipinski definition) is 3. The van der Waals surface area contributed by atoms with E-state index in [0.29, 0.717) is 6.54 Å². The molecular formula is C21H28N4O2. The van der Waals surface area contributed by atoms with Gasteiger partial charge in [0, 0.05) is 12.1 Å². The van der Waals surface area contributed by atoms with Crippen molar-refractivity contribution < 1.29 is 9.59 Å². The summed E-state index contributed by atoms with van der Waals surface area (Å²) < 4.78 is 1.95. The summed E-state index contributed by atoms with van der Waals surface area (Å²) in [7, 11) is 0. The third-order valence-corrected chi connectivity index (χ3v) is 5.00. The van der Waals surface area contributed by atoms with Crippen LogP contribution in [0.4, 0.5) is 0 Å². The van der Waals surface area contributed by atoms with Gasteiger partial charge in [-0.15, -0.1) is 0 Å². The monoisotopic (exact) mass is 368 g/mol. The lowest BCUT2D eigenvalue weighted by atomic mass is 9.74. The summed E-state index contributed by atoms with van der Waals surface area (Å²) in [6, 6.07) is 8.01. The van der Waals surface area contributed by atoms with Crippen molar-refractivity contribution in [2.24, 2.45) is 5.41 Å². The smallest absolute Gasteiger partial charge is 0.309 e. The van der Waals surface area contributed by atoms with Crippen LogP contribution < -0.4 is 10.6 Å². The van der Waals surface area contributed by atoms with Crippen molar-refractivity contribution in [2.75, 3.05) is 6.54 Å². The zero-order valence-corrected chi connectivity index (χ0v) is 16.5. The molecule has 6 heteroatoms. The van der Waals surface area contributed by atoms with E-state index in [9.17, 15) is 9.59 Å².